The molecule has 4 aromatic rings. The lowest BCUT2D eigenvalue weighted by Gasteiger charge is -2.24. The number of anilines is 1. The molecule has 4 aromatic carbocycles. The zero-order valence-electron chi connectivity index (χ0n) is 20.0. The van der Waals surface area contributed by atoms with Gasteiger partial charge in [-0.3, -0.25) is 19.7 Å². The summed E-state index contributed by atoms with van der Waals surface area (Å²) in [5, 5.41) is 13.6. The van der Waals surface area contributed by atoms with Crippen molar-refractivity contribution in [3.05, 3.63) is 141 Å². The Labute approximate surface area is 214 Å². The first kappa shape index (κ1) is 25.3. The van der Waals surface area contributed by atoms with Crippen molar-refractivity contribution in [3.8, 4) is 0 Å². The van der Waals surface area contributed by atoms with Crippen LogP contribution in [0.1, 0.15) is 37.4 Å². The summed E-state index contributed by atoms with van der Waals surface area (Å²) in [6.07, 6.45) is 0. The minimum absolute atomic E-state index is 0.0785. The van der Waals surface area contributed by atoms with E-state index in [1.54, 1.807) is 29.2 Å². The van der Waals surface area contributed by atoms with E-state index in [0.29, 0.717) is 36.4 Å². The normalized spacial score (nSPS) is 10.5. The van der Waals surface area contributed by atoms with Crippen LogP contribution in [0.15, 0.2) is 103 Å². The van der Waals surface area contributed by atoms with Gasteiger partial charge in [-0.05, 0) is 53.1 Å². The number of amides is 2. The van der Waals surface area contributed by atoms with Crippen LogP contribution < -0.4 is 11.1 Å². The summed E-state index contributed by atoms with van der Waals surface area (Å²) in [6.45, 7) is 1.21. The van der Waals surface area contributed by atoms with Crippen LogP contribution in [0.2, 0.25) is 0 Å². The molecule has 3 N–H and O–H groups in total. The lowest BCUT2D eigenvalue weighted by Crippen LogP contribution is -2.30. The lowest BCUT2D eigenvalue weighted by molar-refractivity contribution is -0.384. The molecular weight excluding hydrogens is 468 g/mol. The molecule has 0 atom stereocenters. The van der Waals surface area contributed by atoms with Crippen LogP contribution >= 0.6 is 0 Å². The summed E-state index contributed by atoms with van der Waals surface area (Å²) in [5.41, 5.74) is 10.1. The van der Waals surface area contributed by atoms with E-state index in [9.17, 15) is 19.7 Å². The van der Waals surface area contributed by atoms with Gasteiger partial charge in [-0.15, -0.1) is 0 Å². The van der Waals surface area contributed by atoms with Gasteiger partial charge in [0.25, 0.3) is 17.5 Å². The smallest absolute Gasteiger partial charge is 0.269 e. The third-order valence-corrected chi connectivity index (χ3v) is 5.83. The third kappa shape index (κ3) is 6.65. The van der Waals surface area contributed by atoms with E-state index in [0.717, 1.165) is 16.7 Å². The third-order valence-electron chi connectivity index (χ3n) is 5.83. The van der Waals surface area contributed by atoms with E-state index in [1.807, 2.05) is 54.6 Å². The van der Waals surface area contributed by atoms with Crippen molar-refractivity contribution >= 4 is 23.2 Å². The Balaban J connectivity index is 1.48. The molecule has 0 aliphatic heterocycles. The Kier molecular flexibility index (Phi) is 8.02. The van der Waals surface area contributed by atoms with Gasteiger partial charge in [0.1, 0.15) is 0 Å². The highest BCUT2D eigenvalue weighted by molar-refractivity contribution is 6.04. The highest BCUT2D eigenvalue weighted by atomic mass is 16.6. The summed E-state index contributed by atoms with van der Waals surface area (Å²) in [6, 6.07) is 29.6. The molecule has 37 heavy (non-hydrogen) atoms. The maximum atomic E-state index is 13.3. The number of nitro benzene ring substituents is 1. The van der Waals surface area contributed by atoms with Crippen molar-refractivity contribution in [1.82, 2.24) is 4.90 Å². The fraction of sp³-hybridized carbons (Fsp3) is 0.103. The Hall–Kier alpha value is -4.82. The van der Waals surface area contributed by atoms with Crippen molar-refractivity contribution in [2.45, 2.75) is 19.6 Å². The Bertz CT molecular complexity index is 1390. The number of hydrogen-bond donors (Lipinski definition) is 2. The second-order valence-electron chi connectivity index (χ2n) is 8.51. The topological polar surface area (TPSA) is 119 Å². The first-order chi connectivity index (χ1) is 17.9. The van der Waals surface area contributed by atoms with Crippen molar-refractivity contribution in [1.29, 1.82) is 0 Å². The predicted molar refractivity (Wildman–Crippen MR) is 142 cm³/mol. The van der Waals surface area contributed by atoms with Crippen LogP contribution in [-0.2, 0) is 19.6 Å². The zero-order chi connectivity index (χ0) is 26.2. The number of nitrogens with two attached hydrogens (primary N) is 1. The monoisotopic (exact) mass is 494 g/mol. The molecule has 0 spiro atoms. The van der Waals surface area contributed by atoms with Crippen LogP contribution in [0.5, 0.6) is 0 Å². The van der Waals surface area contributed by atoms with Crippen molar-refractivity contribution in [2.75, 3.05) is 5.32 Å². The highest BCUT2D eigenvalue weighted by Crippen LogP contribution is 2.18. The number of carbonyl (C=O) groups is 2. The molecule has 0 unspecified atom stereocenters. The maximum absolute atomic E-state index is 13.3. The zero-order valence-corrected chi connectivity index (χ0v) is 20.0. The molecule has 0 aliphatic carbocycles. The molecule has 0 aliphatic rings. The first-order valence-electron chi connectivity index (χ1n) is 11.7. The largest absolute Gasteiger partial charge is 0.330 e. The number of nitrogens with one attached hydrogen (secondary N) is 1. The molecule has 4 rings (SSSR count). The quantitative estimate of drug-likeness (QED) is 0.246. The minimum Gasteiger partial charge on any atom is -0.330 e. The van der Waals surface area contributed by atoms with Gasteiger partial charge in [0, 0.05) is 48.6 Å². The van der Waals surface area contributed by atoms with Gasteiger partial charge in [-0.25, -0.2) is 0 Å². The van der Waals surface area contributed by atoms with Gasteiger partial charge in [-0.2, -0.15) is 0 Å². The number of nitrogens with zero attached hydrogens (tertiary/aromatic N) is 2. The molecule has 8 nitrogen and oxygen atoms in total. The van der Waals surface area contributed by atoms with Crippen LogP contribution in [0.3, 0.4) is 0 Å². The van der Waals surface area contributed by atoms with E-state index >= 15 is 0 Å². The standard InChI is InChI=1S/C29H26N4O4/c30-18-22-5-4-6-23(17-22)20-32(29(35)25-7-2-1-3-8-25)19-21-9-13-26(14-10-21)31-28(34)24-11-15-27(16-12-24)33(36)37/h1-17H,18-20,30H2,(H,31,34). The number of rotatable bonds is 9. The molecular formula is C29H26N4O4. The van der Waals surface area contributed by atoms with Gasteiger partial charge < -0.3 is 16.0 Å². The highest BCUT2D eigenvalue weighted by Gasteiger charge is 2.17. The lowest BCUT2D eigenvalue weighted by atomic mass is 10.1. The van der Waals surface area contributed by atoms with Crippen molar-refractivity contribution in [3.63, 3.8) is 0 Å². The van der Waals surface area contributed by atoms with E-state index in [-0.39, 0.29) is 17.5 Å². The van der Waals surface area contributed by atoms with Crippen molar-refractivity contribution < 1.29 is 14.5 Å². The van der Waals surface area contributed by atoms with E-state index in [4.69, 9.17) is 5.73 Å². The fourth-order valence-corrected chi connectivity index (χ4v) is 3.89. The van der Waals surface area contributed by atoms with Gasteiger partial charge in [0.2, 0.25) is 0 Å². The summed E-state index contributed by atoms with van der Waals surface area (Å²) < 4.78 is 0. The number of benzene rings is 4. The predicted octanol–water partition coefficient (Wildman–Crippen LogP) is 5.15. The minimum atomic E-state index is -0.513. The second kappa shape index (κ2) is 11.7. The molecule has 0 bridgehead atoms. The van der Waals surface area contributed by atoms with Crippen LogP contribution in [0.25, 0.3) is 0 Å². The van der Waals surface area contributed by atoms with Gasteiger partial charge >= 0.3 is 0 Å². The summed E-state index contributed by atoms with van der Waals surface area (Å²) in [7, 11) is 0. The second-order valence-corrected chi connectivity index (χ2v) is 8.51. The molecule has 186 valence electrons. The van der Waals surface area contributed by atoms with Gasteiger partial charge in [-0.1, -0.05) is 54.6 Å². The SMILES string of the molecule is NCc1cccc(CN(Cc2ccc(NC(=O)c3ccc([N+](=O)[O-])cc3)cc2)C(=O)c2ccccc2)c1. The average molecular weight is 495 g/mol. The van der Waals surface area contributed by atoms with Crippen LogP contribution in [0.4, 0.5) is 11.4 Å². The van der Waals surface area contributed by atoms with Gasteiger partial charge in [0.15, 0.2) is 0 Å². The first-order valence-corrected chi connectivity index (χ1v) is 11.7. The van der Waals surface area contributed by atoms with Crippen molar-refractivity contribution in [2.24, 2.45) is 5.73 Å². The number of nitro groups is 1. The molecule has 8 heteroatoms. The number of carbonyl (C=O) groups excluding carboxylic acids is 2. The van der Waals surface area contributed by atoms with Crippen LogP contribution in [-0.4, -0.2) is 21.6 Å². The van der Waals surface area contributed by atoms with E-state index in [2.05, 4.69) is 5.32 Å². The molecule has 0 heterocycles. The number of non-ortho nitro benzene ring substituents is 1. The molecule has 0 radical (unpaired) electrons. The molecule has 0 fully saturated rings. The molecule has 0 saturated carbocycles. The maximum Gasteiger partial charge on any atom is 0.269 e. The fourth-order valence-electron chi connectivity index (χ4n) is 3.89. The Morgan fingerprint density at radius 1 is 0.757 bits per heavy atom. The van der Waals surface area contributed by atoms with Gasteiger partial charge in [0.05, 0.1) is 4.92 Å². The Morgan fingerprint density at radius 3 is 2.05 bits per heavy atom. The molecule has 0 aromatic heterocycles. The number of hydrogen-bond acceptors (Lipinski definition) is 5. The van der Waals surface area contributed by atoms with Crippen LogP contribution in [0, 0.1) is 10.1 Å². The molecule has 2 amide bonds. The Morgan fingerprint density at radius 2 is 1.41 bits per heavy atom. The summed E-state index contributed by atoms with van der Waals surface area (Å²) in [5.74, 6) is -0.461. The summed E-state index contributed by atoms with van der Waals surface area (Å²) >= 11 is 0. The van der Waals surface area contributed by atoms with E-state index in [1.165, 1.54) is 24.3 Å². The van der Waals surface area contributed by atoms with E-state index < -0.39 is 4.92 Å². The average Bonchev–Trinajstić information content (AvgIpc) is 2.94. The summed E-state index contributed by atoms with van der Waals surface area (Å²) in [4.78, 5) is 37.9. The molecule has 0 saturated heterocycles.